The second kappa shape index (κ2) is 7.99. The highest BCUT2D eigenvalue weighted by Crippen LogP contribution is 2.14. The van der Waals surface area contributed by atoms with Crippen molar-refractivity contribution in [2.24, 2.45) is 19.8 Å². The molecule has 1 amide bonds. The maximum atomic E-state index is 12.6. The van der Waals surface area contributed by atoms with E-state index in [0.717, 1.165) is 17.4 Å². The van der Waals surface area contributed by atoms with Crippen LogP contribution in [0.3, 0.4) is 0 Å². The monoisotopic (exact) mass is 389 g/mol. The second-order valence-corrected chi connectivity index (χ2v) is 5.95. The number of nitrogens with zero attached hydrogens (tertiary/aromatic N) is 4. The van der Waals surface area contributed by atoms with E-state index in [9.17, 15) is 14.4 Å². The Kier molecular flexibility index (Phi) is 6.75. The van der Waals surface area contributed by atoms with Crippen molar-refractivity contribution < 1.29 is 4.79 Å². The van der Waals surface area contributed by atoms with E-state index in [1.807, 2.05) is 0 Å². The summed E-state index contributed by atoms with van der Waals surface area (Å²) < 4.78 is 2.30. The number of fused-ring (bicyclic) bond motifs is 1. The average molecular weight is 390 g/mol. The quantitative estimate of drug-likeness (QED) is 0.741. The van der Waals surface area contributed by atoms with Crippen LogP contribution < -0.4 is 17.0 Å². The number of piperidine rings is 1. The predicted molar refractivity (Wildman–Crippen MR) is 99.8 cm³/mol. The molecule has 1 unspecified atom stereocenters. The largest absolute Gasteiger partial charge is 0.337 e. The fraction of sp³-hybridized carbons (Fsp3) is 0.467. The van der Waals surface area contributed by atoms with Crippen molar-refractivity contribution >= 4 is 41.8 Å². The highest BCUT2D eigenvalue weighted by atomic mass is 35.5. The van der Waals surface area contributed by atoms with Crippen LogP contribution in [0.25, 0.3) is 11.0 Å². The van der Waals surface area contributed by atoms with Crippen molar-refractivity contribution in [3.8, 4) is 0 Å². The number of aromatic nitrogens is 3. The highest BCUT2D eigenvalue weighted by Gasteiger charge is 2.23. The molecule has 0 aromatic carbocycles. The first-order valence-electron chi connectivity index (χ1n) is 7.50. The SMILES string of the molecule is Cl.Cl.Cn1c(=O)c2cc(C(=O)N3CCCC(N)C3)cnc2n(C)c1=O. The fourth-order valence-corrected chi connectivity index (χ4v) is 2.96. The summed E-state index contributed by atoms with van der Waals surface area (Å²) in [6.07, 6.45) is 3.18. The first-order valence-corrected chi connectivity index (χ1v) is 7.50. The van der Waals surface area contributed by atoms with Gasteiger partial charge in [0.25, 0.3) is 11.5 Å². The molecular weight excluding hydrogens is 369 g/mol. The summed E-state index contributed by atoms with van der Waals surface area (Å²) in [7, 11) is 2.95. The Morgan fingerprint density at radius 3 is 2.56 bits per heavy atom. The first kappa shape index (κ1) is 21.1. The third kappa shape index (κ3) is 3.70. The standard InChI is InChI=1S/C15H19N5O3.2ClH/c1-18-12-11(14(22)19(2)15(18)23)6-9(7-17-12)13(21)20-5-3-4-10(16)8-20;;/h6-7,10H,3-5,8,16H2,1-2H3;2*1H. The summed E-state index contributed by atoms with van der Waals surface area (Å²) >= 11 is 0. The topological polar surface area (TPSA) is 103 Å². The number of hydrogen-bond acceptors (Lipinski definition) is 5. The molecule has 2 N–H and O–H groups in total. The van der Waals surface area contributed by atoms with Gasteiger partial charge in [0.15, 0.2) is 0 Å². The minimum Gasteiger partial charge on any atom is -0.337 e. The van der Waals surface area contributed by atoms with Crippen LogP contribution in [0.15, 0.2) is 21.9 Å². The minimum atomic E-state index is -0.458. The van der Waals surface area contributed by atoms with Crippen molar-refractivity contribution in [1.82, 2.24) is 19.0 Å². The molecule has 1 aliphatic heterocycles. The highest BCUT2D eigenvalue weighted by molar-refractivity contribution is 5.96. The molecular formula is C15H21Cl2N5O3. The molecule has 0 saturated carbocycles. The van der Waals surface area contributed by atoms with Crippen molar-refractivity contribution in [3.05, 3.63) is 38.7 Å². The van der Waals surface area contributed by atoms with Gasteiger partial charge in [-0.15, -0.1) is 24.8 Å². The normalized spacial score (nSPS) is 16.9. The Morgan fingerprint density at radius 2 is 1.92 bits per heavy atom. The number of carbonyl (C=O) groups excluding carboxylic acids is 1. The zero-order valence-corrected chi connectivity index (χ0v) is 15.6. The number of hydrogen-bond donors (Lipinski definition) is 1. The number of pyridine rings is 1. The number of amides is 1. The maximum Gasteiger partial charge on any atom is 0.332 e. The lowest BCUT2D eigenvalue weighted by Gasteiger charge is -2.30. The molecule has 8 nitrogen and oxygen atoms in total. The molecule has 0 bridgehead atoms. The lowest BCUT2D eigenvalue weighted by molar-refractivity contribution is 0.0708. The second-order valence-electron chi connectivity index (χ2n) is 5.95. The minimum absolute atomic E-state index is 0. The van der Waals surface area contributed by atoms with Gasteiger partial charge in [-0.25, -0.2) is 9.78 Å². The molecule has 0 radical (unpaired) electrons. The average Bonchev–Trinajstić information content (AvgIpc) is 2.57. The van der Waals surface area contributed by atoms with Crippen molar-refractivity contribution in [3.63, 3.8) is 0 Å². The number of aryl methyl sites for hydroxylation is 1. The van der Waals surface area contributed by atoms with Crippen LogP contribution in [0, 0.1) is 0 Å². The molecule has 0 aliphatic carbocycles. The molecule has 0 spiro atoms. The zero-order chi connectivity index (χ0) is 16.7. The molecule has 25 heavy (non-hydrogen) atoms. The molecule has 3 heterocycles. The van der Waals surface area contributed by atoms with Gasteiger partial charge in [0.1, 0.15) is 5.65 Å². The van der Waals surface area contributed by atoms with E-state index >= 15 is 0 Å². The lowest BCUT2D eigenvalue weighted by atomic mass is 10.1. The maximum absolute atomic E-state index is 12.6. The predicted octanol–water partition coefficient (Wildman–Crippen LogP) is 0.0391. The Labute approximate surface area is 156 Å². The van der Waals surface area contributed by atoms with E-state index in [4.69, 9.17) is 5.73 Å². The van der Waals surface area contributed by atoms with Gasteiger partial charge in [-0.2, -0.15) is 0 Å². The van der Waals surface area contributed by atoms with Gasteiger partial charge < -0.3 is 10.6 Å². The van der Waals surface area contributed by atoms with E-state index in [1.165, 1.54) is 23.9 Å². The smallest absolute Gasteiger partial charge is 0.332 e. The van der Waals surface area contributed by atoms with Gasteiger partial charge >= 0.3 is 5.69 Å². The van der Waals surface area contributed by atoms with Gasteiger partial charge in [0, 0.05) is 39.4 Å². The molecule has 2 aromatic rings. The van der Waals surface area contributed by atoms with E-state index in [2.05, 4.69) is 4.98 Å². The summed E-state index contributed by atoms with van der Waals surface area (Å²) in [6, 6.07) is 1.49. The Bertz CT molecular complexity index is 908. The van der Waals surface area contributed by atoms with Gasteiger partial charge in [0.05, 0.1) is 10.9 Å². The summed E-state index contributed by atoms with van der Waals surface area (Å²) in [5.41, 5.74) is 5.61. The van der Waals surface area contributed by atoms with Gasteiger partial charge in [0.2, 0.25) is 0 Å². The number of likely N-dealkylation sites (tertiary alicyclic amines) is 1. The van der Waals surface area contributed by atoms with Crippen molar-refractivity contribution in [2.45, 2.75) is 18.9 Å². The molecule has 1 fully saturated rings. The van der Waals surface area contributed by atoms with Gasteiger partial charge in [-0.05, 0) is 18.9 Å². The molecule has 1 aliphatic rings. The molecule has 2 aromatic heterocycles. The van der Waals surface area contributed by atoms with Crippen LogP contribution in [0.2, 0.25) is 0 Å². The Hall–Kier alpha value is -1.90. The third-order valence-corrected chi connectivity index (χ3v) is 4.29. The van der Waals surface area contributed by atoms with Crippen LogP contribution in [0.5, 0.6) is 0 Å². The van der Waals surface area contributed by atoms with E-state index in [0.29, 0.717) is 18.7 Å². The Balaban J connectivity index is 0.00000156. The molecule has 1 atom stereocenters. The summed E-state index contributed by atoms with van der Waals surface area (Å²) in [4.78, 5) is 42.6. The number of nitrogens with two attached hydrogens (primary N) is 1. The van der Waals surface area contributed by atoms with Crippen LogP contribution in [0.1, 0.15) is 23.2 Å². The summed E-state index contributed by atoms with van der Waals surface area (Å²) in [5, 5.41) is 0.252. The van der Waals surface area contributed by atoms with Crippen LogP contribution >= 0.6 is 24.8 Å². The first-order chi connectivity index (χ1) is 10.9. The molecule has 3 rings (SSSR count). The lowest BCUT2D eigenvalue weighted by Crippen LogP contribution is -2.45. The van der Waals surface area contributed by atoms with E-state index in [1.54, 1.807) is 11.9 Å². The van der Waals surface area contributed by atoms with Crippen LogP contribution in [-0.4, -0.2) is 44.1 Å². The van der Waals surface area contributed by atoms with Crippen molar-refractivity contribution in [1.29, 1.82) is 0 Å². The van der Waals surface area contributed by atoms with E-state index in [-0.39, 0.29) is 47.8 Å². The van der Waals surface area contributed by atoms with E-state index < -0.39 is 11.2 Å². The fourth-order valence-electron chi connectivity index (χ4n) is 2.96. The molecule has 138 valence electrons. The van der Waals surface area contributed by atoms with Crippen LogP contribution in [-0.2, 0) is 14.1 Å². The Morgan fingerprint density at radius 1 is 1.24 bits per heavy atom. The van der Waals surface area contributed by atoms with Crippen molar-refractivity contribution in [2.75, 3.05) is 13.1 Å². The third-order valence-electron chi connectivity index (χ3n) is 4.29. The number of carbonyl (C=O) groups is 1. The number of rotatable bonds is 1. The summed E-state index contributed by atoms with van der Waals surface area (Å²) in [5.74, 6) is -0.189. The molecule has 1 saturated heterocycles. The summed E-state index contributed by atoms with van der Waals surface area (Å²) in [6.45, 7) is 1.15. The van der Waals surface area contributed by atoms with Crippen LogP contribution in [0.4, 0.5) is 0 Å². The van der Waals surface area contributed by atoms with Gasteiger partial charge in [-0.3, -0.25) is 18.7 Å². The van der Waals surface area contributed by atoms with Gasteiger partial charge in [-0.1, -0.05) is 0 Å². The zero-order valence-electron chi connectivity index (χ0n) is 14.0. The molecule has 10 heteroatoms. The number of halogens is 2.